The van der Waals surface area contributed by atoms with Gasteiger partial charge in [0.2, 0.25) is 5.91 Å². The largest absolute Gasteiger partial charge is 0.478 e. The number of rotatable bonds is 8. The van der Waals surface area contributed by atoms with E-state index in [0.29, 0.717) is 12.8 Å². The molecule has 0 aromatic heterocycles. The van der Waals surface area contributed by atoms with E-state index in [1.54, 1.807) is 0 Å². The molecule has 210 valence electrons. The van der Waals surface area contributed by atoms with Gasteiger partial charge in [0, 0.05) is 37.5 Å². The highest BCUT2D eigenvalue weighted by Crippen LogP contribution is 2.36. The number of hydrogen-bond acceptors (Lipinski definition) is 3. The third-order valence-corrected chi connectivity index (χ3v) is 7.23. The Morgan fingerprint density at radius 1 is 0.875 bits per heavy atom. The molecule has 1 saturated carbocycles. The SMILES string of the molecule is CN(C)c1ccc(-c2ccc(CN(C(=O)C3CCCCC3)c3cc(C=CC(=O)O)cc(C(F)(F)F)c3)cc2)cc1. The van der Waals surface area contributed by atoms with Crippen LogP contribution in [0, 0.1) is 5.92 Å². The van der Waals surface area contributed by atoms with Crippen LogP contribution >= 0.6 is 0 Å². The average Bonchev–Trinajstić information content (AvgIpc) is 2.94. The molecular formula is C32H33F3N2O3. The van der Waals surface area contributed by atoms with Crippen LogP contribution in [0.2, 0.25) is 0 Å². The molecule has 0 spiro atoms. The molecular weight excluding hydrogens is 517 g/mol. The summed E-state index contributed by atoms with van der Waals surface area (Å²) in [6.45, 7) is 0.0958. The van der Waals surface area contributed by atoms with E-state index in [1.807, 2.05) is 67.5 Å². The first-order valence-corrected chi connectivity index (χ1v) is 13.3. The van der Waals surface area contributed by atoms with E-state index in [1.165, 1.54) is 11.0 Å². The van der Waals surface area contributed by atoms with Gasteiger partial charge in [-0.1, -0.05) is 55.7 Å². The lowest BCUT2D eigenvalue weighted by atomic mass is 9.88. The van der Waals surface area contributed by atoms with E-state index in [9.17, 15) is 22.8 Å². The number of amides is 1. The Hall–Kier alpha value is -4.07. The van der Waals surface area contributed by atoms with E-state index < -0.39 is 17.7 Å². The van der Waals surface area contributed by atoms with E-state index in [-0.39, 0.29) is 29.6 Å². The summed E-state index contributed by atoms with van der Waals surface area (Å²) in [4.78, 5) is 28.2. The lowest BCUT2D eigenvalue weighted by molar-refractivity contribution is -0.137. The number of carbonyl (C=O) groups excluding carboxylic acids is 1. The maximum absolute atomic E-state index is 13.8. The standard InChI is InChI=1S/C32H33F3N2O3/c1-36(2)28-15-13-25(14-16-28)24-11-8-22(9-12-24)21-37(31(40)26-6-4-3-5-7-26)29-19-23(10-17-30(38)39)18-27(20-29)32(33,34)35/h8-20,26H,3-7,21H2,1-2H3,(H,38,39). The predicted octanol–water partition coefficient (Wildman–Crippen LogP) is 7.65. The number of anilines is 2. The number of halogens is 3. The normalized spacial score (nSPS) is 14.3. The van der Waals surface area contributed by atoms with Crippen molar-refractivity contribution < 1.29 is 27.9 Å². The van der Waals surface area contributed by atoms with Crippen LogP contribution in [0.15, 0.2) is 72.8 Å². The van der Waals surface area contributed by atoms with Crippen molar-refractivity contribution in [2.24, 2.45) is 5.92 Å². The Morgan fingerprint density at radius 3 is 2.02 bits per heavy atom. The first kappa shape index (κ1) is 28.9. The molecule has 3 aromatic rings. The molecule has 0 atom stereocenters. The number of benzene rings is 3. The highest BCUT2D eigenvalue weighted by Gasteiger charge is 2.33. The summed E-state index contributed by atoms with van der Waals surface area (Å²) < 4.78 is 41.5. The zero-order valence-corrected chi connectivity index (χ0v) is 22.6. The summed E-state index contributed by atoms with van der Waals surface area (Å²) in [7, 11) is 3.94. The van der Waals surface area contributed by atoms with Gasteiger partial charge >= 0.3 is 12.1 Å². The number of aliphatic carboxylic acids is 1. The highest BCUT2D eigenvalue weighted by molar-refractivity contribution is 5.95. The van der Waals surface area contributed by atoms with Gasteiger partial charge < -0.3 is 14.9 Å². The number of nitrogens with zero attached hydrogens (tertiary/aromatic N) is 2. The van der Waals surface area contributed by atoms with Gasteiger partial charge in [0.15, 0.2) is 0 Å². The molecule has 3 aromatic carbocycles. The average molecular weight is 551 g/mol. The van der Waals surface area contributed by atoms with E-state index >= 15 is 0 Å². The van der Waals surface area contributed by atoms with Crippen LogP contribution in [0.1, 0.15) is 48.8 Å². The maximum atomic E-state index is 13.8. The number of alkyl halides is 3. The molecule has 0 bridgehead atoms. The Kier molecular flexibility index (Phi) is 8.97. The van der Waals surface area contributed by atoms with Crippen LogP contribution in [-0.2, 0) is 22.3 Å². The summed E-state index contributed by atoms with van der Waals surface area (Å²) in [6, 6.07) is 19.1. The van der Waals surface area contributed by atoms with Crippen molar-refractivity contribution in [3.8, 4) is 11.1 Å². The molecule has 40 heavy (non-hydrogen) atoms. The van der Waals surface area contributed by atoms with E-state index in [0.717, 1.165) is 65.9 Å². The monoisotopic (exact) mass is 550 g/mol. The van der Waals surface area contributed by atoms with Crippen molar-refractivity contribution in [3.63, 3.8) is 0 Å². The summed E-state index contributed by atoms with van der Waals surface area (Å²) in [5.41, 5.74) is 3.09. The van der Waals surface area contributed by atoms with Gasteiger partial charge in [-0.25, -0.2) is 4.79 Å². The summed E-state index contributed by atoms with van der Waals surface area (Å²) >= 11 is 0. The number of carboxylic acid groups (broad SMARTS) is 1. The topological polar surface area (TPSA) is 60.9 Å². The van der Waals surface area contributed by atoms with Gasteiger partial charge in [-0.3, -0.25) is 4.79 Å². The fraction of sp³-hybridized carbons (Fsp3) is 0.312. The second kappa shape index (κ2) is 12.4. The van der Waals surface area contributed by atoms with Crippen LogP contribution in [0.3, 0.4) is 0 Å². The Balaban J connectivity index is 1.69. The second-order valence-corrected chi connectivity index (χ2v) is 10.4. The second-order valence-electron chi connectivity index (χ2n) is 10.4. The minimum Gasteiger partial charge on any atom is -0.478 e. The van der Waals surface area contributed by atoms with Crippen LogP contribution in [0.25, 0.3) is 17.2 Å². The minimum atomic E-state index is -4.66. The van der Waals surface area contributed by atoms with Crippen LogP contribution < -0.4 is 9.80 Å². The summed E-state index contributed by atoms with van der Waals surface area (Å²) in [5.74, 6) is -1.75. The highest BCUT2D eigenvalue weighted by atomic mass is 19.4. The molecule has 0 radical (unpaired) electrons. The van der Waals surface area contributed by atoms with E-state index in [2.05, 4.69) is 0 Å². The fourth-order valence-electron chi connectivity index (χ4n) is 5.02. The number of hydrogen-bond donors (Lipinski definition) is 1. The molecule has 1 aliphatic carbocycles. The molecule has 1 aliphatic rings. The van der Waals surface area contributed by atoms with Crippen molar-refractivity contribution in [1.82, 2.24) is 0 Å². The van der Waals surface area contributed by atoms with Gasteiger partial charge in [-0.2, -0.15) is 13.2 Å². The minimum absolute atomic E-state index is 0.0604. The fourth-order valence-corrected chi connectivity index (χ4v) is 5.02. The lowest BCUT2D eigenvalue weighted by Gasteiger charge is -2.30. The van der Waals surface area contributed by atoms with Crippen molar-refractivity contribution in [2.75, 3.05) is 23.9 Å². The molecule has 0 saturated heterocycles. The Morgan fingerprint density at radius 2 is 1.48 bits per heavy atom. The molecule has 1 amide bonds. The summed E-state index contributed by atoms with van der Waals surface area (Å²) in [5, 5.41) is 9.00. The molecule has 0 aliphatic heterocycles. The number of carbonyl (C=O) groups is 2. The van der Waals surface area contributed by atoms with Crippen LogP contribution in [0.5, 0.6) is 0 Å². The van der Waals surface area contributed by atoms with Crippen molar-refractivity contribution in [3.05, 3.63) is 89.5 Å². The van der Waals surface area contributed by atoms with Gasteiger partial charge in [0.1, 0.15) is 0 Å². The van der Waals surface area contributed by atoms with Gasteiger partial charge in [0.05, 0.1) is 12.1 Å². The molecule has 5 nitrogen and oxygen atoms in total. The molecule has 1 N–H and O–H groups in total. The van der Waals surface area contributed by atoms with Gasteiger partial charge in [0.25, 0.3) is 0 Å². The molecule has 8 heteroatoms. The smallest absolute Gasteiger partial charge is 0.416 e. The number of carboxylic acids is 1. The predicted molar refractivity (Wildman–Crippen MR) is 152 cm³/mol. The molecule has 0 heterocycles. The molecule has 0 unspecified atom stereocenters. The van der Waals surface area contributed by atoms with E-state index in [4.69, 9.17) is 5.11 Å². The summed E-state index contributed by atoms with van der Waals surface area (Å²) in [6.07, 6.45) is 1.47. The Labute approximate surface area is 232 Å². The van der Waals surface area contributed by atoms with Crippen molar-refractivity contribution in [1.29, 1.82) is 0 Å². The first-order chi connectivity index (χ1) is 19.0. The van der Waals surface area contributed by atoms with Gasteiger partial charge in [-0.05, 0) is 71.5 Å². The van der Waals surface area contributed by atoms with Crippen molar-refractivity contribution in [2.45, 2.75) is 44.8 Å². The van der Waals surface area contributed by atoms with Crippen LogP contribution in [-0.4, -0.2) is 31.1 Å². The van der Waals surface area contributed by atoms with Crippen molar-refractivity contribution >= 4 is 29.3 Å². The molecule has 4 rings (SSSR count). The zero-order chi connectivity index (χ0) is 28.9. The quantitative estimate of drug-likeness (QED) is 0.293. The molecule has 1 fully saturated rings. The Bertz CT molecular complexity index is 1360. The maximum Gasteiger partial charge on any atom is 0.416 e. The van der Waals surface area contributed by atoms with Crippen LogP contribution in [0.4, 0.5) is 24.5 Å². The third kappa shape index (κ3) is 7.31. The third-order valence-electron chi connectivity index (χ3n) is 7.23. The first-order valence-electron chi connectivity index (χ1n) is 13.3. The lowest BCUT2D eigenvalue weighted by Crippen LogP contribution is -2.37. The zero-order valence-electron chi connectivity index (χ0n) is 22.6. The van der Waals surface area contributed by atoms with Gasteiger partial charge in [-0.15, -0.1) is 0 Å².